The van der Waals surface area contributed by atoms with Gasteiger partial charge in [-0.1, -0.05) is 11.8 Å². The Morgan fingerprint density at radius 3 is 2.58 bits per heavy atom. The number of nitrogens with zero attached hydrogens (tertiary/aromatic N) is 1. The average molecular weight is 159 g/mol. The smallest absolute Gasteiger partial charge is 0.0428 e. The number of hydrogen-bond donors (Lipinski definition) is 0. The Kier molecular flexibility index (Phi) is 2.50. The molecule has 0 bridgehead atoms. The molecule has 0 amide bonds. The first-order valence-corrected chi connectivity index (χ1v) is 4.01. The van der Waals surface area contributed by atoms with Crippen LogP contribution in [0.1, 0.15) is 26.3 Å². The molecule has 1 heterocycles. The fourth-order valence-corrected chi connectivity index (χ4v) is 0.696. The van der Waals surface area contributed by atoms with Crippen LogP contribution in [-0.4, -0.2) is 4.98 Å². The topological polar surface area (TPSA) is 12.9 Å². The molecule has 0 aliphatic carbocycles. The van der Waals surface area contributed by atoms with Crippen molar-refractivity contribution in [3.63, 3.8) is 0 Å². The third-order valence-corrected chi connectivity index (χ3v) is 1.24. The van der Waals surface area contributed by atoms with E-state index in [4.69, 9.17) is 0 Å². The molecule has 1 nitrogen and oxygen atoms in total. The normalized spacial score (nSPS) is 10.2. The second kappa shape index (κ2) is 3.40. The lowest BCUT2D eigenvalue weighted by Crippen LogP contribution is -1.99. The zero-order chi connectivity index (χ0) is 9.03. The summed E-state index contributed by atoms with van der Waals surface area (Å²) in [6.45, 7) is 6.28. The molecule has 0 radical (unpaired) electrons. The van der Waals surface area contributed by atoms with E-state index in [1.54, 1.807) is 12.4 Å². The van der Waals surface area contributed by atoms with Gasteiger partial charge in [-0.25, -0.2) is 0 Å². The van der Waals surface area contributed by atoms with Crippen molar-refractivity contribution in [2.24, 2.45) is 5.41 Å². The molecule has 0 N–H and O–H groups in total. The van der Waals surface area contributed by atoms with Gasteiger partial charge in [0.25, 0.3) is 0 Å². The van der Waals surface area contributed by atoms with Crippen LogP contribution in [0.5, 0.6) is 0 Å². The number of rotatable bonds is 0. The van der Waals surface area contributed by atoms with E-state index in [0.717, 1.165) is 5.56 Å². The van der Waals surface area contributed by atoms with Crippen molar-refractivity contribution in [2.45, 2.75) is 20.8 Å². The van der Waals surface area contributed by atoms with Gasteiger partial charge < -0.3 is 0 Å². The first-order valence-electron chi connectivity index (χ1n) is 4.01. The van der Waals surface area contributed by atoms with Crippen LogP contribution in [0, 0.1) is 17.3 Å². The zero-order valence-electron chi connectivity index (χ0n) is 7.76. The summed E-state index contributed by atoms with van der Waals surface area (Å²) in [7, 11) is 0. The summed E-state index contributed by atoms with van der Waals surface area (Å²) in [5.74, 6) is 6.22. The molecule has 1 aromatic heterocycles. The lowest BCUT2D eigenvalue weighted by atomic mass is 9.97. The van der Waals surface area contributed by atoms with Gasteiger partial charge in [0.2, 0.25) is 0 Å². The Hall–Kier alpha value is -1.29. The van der Waals surface area contributed by atoms with Crippen molar-refractivity contribution >= 4 is 0 Å². The van der Waals surface area contributed by atoms with Crippen molar-refractivity contribution in [3.8, 4) is 11.8 Å². The van der Waals surface area contributed by atoms with Crippen LogP contribution >= 0.6 is 0 Å². The van der Waals surface area contributed by atoms with Gasteiger partial charge in [0, 0.05) is 23.4 Å². The quantitative estimate of drug-likeness (QED) is 0.530. The zero-order valence-corrected chi connectivity index (χ0v) is 7.76. The van der Waals surface area contributed by atoms with Gasteiger partial charge in [-0.3, -0.25) is 4.98 Å². The molecular weight excluding hydrogens is 146 g/mol. The second-order valence-electron chi connectivity index (χ2n) is 3.74. The highest BCUT2D eigenvalue weighted by Crippen LogP contribution is 2.10. The van der Waals surface area contributed by atoms with Gasteiger partial charge in [0.15, 0.2) is 0 Å². The molecule has 0 atom stereocenters. The van der Waals surface area contributed by atoms with Crippen molar-refractivity contribution in [1.82, 2.24) is 4.98 Å². The Morgan fingerprint density at radius 2 is 2.08 bits per heavy atom. The van der Waals surface area contributed by atoms with Crippen LogP contribution in [0.3, 0.4) is 0 Å². The Bertz CT molecular complexity index is 295. The van der Waals surface area contributed by atoms with E-state index in [-0.39, 0.29) is 5.41 Å². The molecule has 0 aromatic carbocycles. The highest BCUT2D eigenvalue weighted by molar-refractivity contribution is 5.32. The summed E-state index contributed by atoms with van der Waals surface area (Å²) in [5, 5.41) is 0. The van der Waals surface area contributed by atoms with Crippen molar-refractivity contribution in [2.75, 3.05) is 0 Å². The van der Waals surface area contributed by atoms with Crippen molar-refractivity contribution in [3.05, 3.63) is 30.1 Å². The summed E-state index contributed by atoms with van der Waals surface area (Å²) in [6.07, 6.45) is 3.53. The van der Waals surface area contributed by atoms with E-state index in [2.05, 4.69) is 37.6 Å². The predicted molar refractivity (Wildman–Crippen MR) is 50.6 cm³/mol. The predicted octanol–water partition coefficient (Wildman–Crippen LogP) is 2.48. The lowest BCUT2D eigenvalue weighted by Gasteiger charge is -2.06. The molecule has 12 heavy (non-hydrogen) atoms. The number of aromatic nitrogens is 1. The maximum atomic E-state index is 3.98. The molecule has 0 fully saturated rings. The first kappa shape index (κ1) is 8.80. The van der Waals surface area contributed by atoms with E-state index in [1.807, 2.05) is 12.1 Å². The van der Waals surface area contributed by atoms with Gasteiger partial charge in [-0.15, -0.1) is 0 Å². The third kappa shape index (κ3) is 3.21. The summed E-state index contributed by atoms with van der Waals surface area (Å²) in [4.78, 5) is 3.98. The molecule has 1 heteroatoms. The summed E-state index contributed by atoms with van der Waals surface area (Å²) in [6, 6.07) is 3.86. The van der Waals surface area contributed by atoms with E-state index in [1.165, 1.54) is 0 Å². The Morgan fingerprint density at radius 1 is 1.33 bits per heavy atom. The molecule has 1 rings (SSSR count). The number of pyridine rings is 1. The van der Waals surface area contributed by atoms with Crippen LogP contribution in [0.2, 0.25) is 0 Å². The van der Waals surface area contributed by atoms with E-state index in [0.29, 0.717) is 0 Å². The molecule has 62 valence electrons. The van der Waals surface area contributed by atoms with Gasteiger partial charge in [-0.2, -0.15) is 0 Å². The van der Waals surface area contributed by atoms with Gasteiger partial charge in [0.1, 0.15) is 0 Å². The first-order chi connectivity index (χ1) is 5.58. The molecule has 0 saturated heterocycles. The largest absolute Gasteiger partial charge is 0.263 e. The molecule has 1 aromatic rings. The highest BCUT2D eigenvalue weighted by Gasteiger charge is 2.02. The molecule has 0 saturated carbocycles. The fraction of sp³-hybridized carbons (Fsp3) is 0.364. The lowest BCUT2D eigenvalue weighted by molar-refractivity contribution is 0.571. The van der Waals surface area contributed by atoms with Gasteiger partial charge in [-0.05, 0) is 32.9 Å². The summed E-state index contributed by atoms with van der Waals surface area (Å²) >= 11 is 0. The van der Waals surface area contributed by atoms with E-state index < -0.39 is 0 Å². The van der Waals surface area contributed by atoms with E-state index in [9.17, 15) is 0 Å². The molecule has 0 unspecified atom stereocenters. The summed E-state index contributed by atoms with van der Waals surface area (Å²) < 4.78 is 0. The molecule has 0 aliphatic heterocycles. The average Bonchev–Trinajstić information content (AvgIpc) is 2.02. The van der Waals surface area contributed by atoms with Crippen LogP contribution < -0.4 is 0 Å². The van der Waals surface area contributed by atoms with Crippen molar-refractivity contribution < 1.29 is 0 Å². The SMILES string of the molecule is CC(C)(C)C#Cc1cccnc1. The number of hydrogen-bond acceptors (Lipinski definition) is 1. The van der Waals surface area contributed by atoms with Gasteiger partial charge in [0.05, 0.1) is 0 Å². The second-order valence-corrected chi connectivity index (χ2v) is 3.74. The molecular formula is C11H13N. The van der Waals surface area contributed by atoms with Crippen LogP contribution in [0.15, 0.2) is 24.5 Å². The highest BCUT2D eigenvalue weighted by atomic mass is 14.6. The van der Waals surface area contributed by atoms with Crippen LogP contribution in [-0.2, 0) is 0 Å². The fourth-order valence-electron chi connectivity index (χ4n) is 0.696. The molecule has 0 spiro atoms. The minimum Gasteiger partial charge on any atom is -0.263 e. The monoisotopic (exact) mass is 159 g/mol. The maximum absolute atomic E-state index is 3.98. The van der Waals surface area contributed by atoms with E-state index >= 15 is 0 Å². The standard InChI is InChI=1S/C11H13N/c1-11(2,3)7-6-10-5-4-8-12-9-10/h4-5,8-9H,1-3H3. The maximum Gasteiger partial charge on any atom is 0.0428 e. The minimum absolute atomic E-state index is 0.0653. The third-order valence-electron chi connectivity index (χ3n) is 1.24. The van der Waals surface area contributed by atoms with Crippen LogP contribution in [0.25, 0.3) is 0 Å². The summed E-state index contributed by atoms with van der Waals surface area (Å²) in [5.41, 5.74) is 1.04. The Labute approximate surface area is 73.8 Å². The van der Waals surface area contributed by atoms with Crippen molar-refractivity contribution in [1.29, 1.82) is 0 Å². The Balaban J connectivity index is 2.81. The molecule has 0 aliphatic rings. The van der Waals surface area contributed by atoms with Gasteiger partial charge >= 0.3 is 0 Å². The minimum atomic E-state index is 0.0653. The van der Waals surface area contributed by atoms with Crippen LogP contribution in [0.4, 0.5) is 0 Å².